The fourth-order valence-electron chi connectivity index (χ4n) is 3.25. The van der Waals surface area contributed by atoms with Crippen molar-refractivity contribution in [3.63, 3.8) is 0 Å². The zero-order valence-corrected chi connectivity index (χ0v) is 15.2. The van der Waals surface area contributed by atoms with E-state index < -0.39 is 0 Å². The van der Waals surface area contributed by atoms with Crippen LogP contribution in [-0.2, 0) is 18.6 Å². The first-order valence-electron chi connectivity index (χ1n) is 8.30. The maximum absolute atomic E-state index is 12.7. The summed E-state index contributed by atoms with van der Waals surface area (Å²) in [6.07, 6.45) is 2.95. The monoisotopic (exact) mass is 368 g/mol. The molecule has 0 saturated heterocycles. The van der Waals surface area contributed by atoms with Crippen molar-refractivity contribution in [1.82, 2.24) is 9.55 Å². The van der Waals surface area contributed by atoms with Crippen LogP contribution in [0.3, 0.4) is 0 Å². The van der Waals surface area contributed by atoms with Crippen molar-refractivity contribution >= 4 is 23.4 Å². The third kappa shape index (κ3) is 3.24. The van der Waals surface area contributed by atoms with Crippen LogP contribution in [-0.4, -0.2) is 9.55 Å². The molecule has 1 aliphatic rings. The van der Waals surface area contributed by atoms with Crippen molar-refractivity contribution in [3.8, 4) is 5.69 Å². The summed E-state index contributed by atoms with van der Waals surface area (Å²) in [5.41, 5.74) is 4.07. The molecule has 1 aromatic heterocycles. The molecule has 0 amide bonds. The van der Waals surface area contributed by atoms with Gasteiger partial charge in [0.15, 0.2) is 0 Å². The quantitative estimate of drug-likeness (QED) is 0.496. The average Bonchev–Trinajstić information content (AvgIpc) is 3.11. The van der Waals surface area contributed by atoms with Gasteiger partial charge in [-0.05, 0) is 43.0 Å². The van der Waals surface area contributed by atoms with Crippen LogP contribution in [0.15, 0.2) is 64.4 Å². The van der Waals surface area contributed by atoms with Crippen molar-refractivity contribution in [2.45, 2.75) is 30.0 Å². The van der Waals surface area contributed by atoms with Crippen LogP contribution in [0.1, 0.15) is 23.2 Å². The van der Waals surface area contributed by atoms with Gasteiger partial charge in [-0.25, -0.2) is 4.79 Å². The van der Waals surface area contributed by atoms with Crippen molar-refractivity contribution in [2.24, 2.45) is 0 Å². The molecule has 0 aliphatic heterocycles. The Morgan fingerprint density at radius 1 is 1.04 bits per heavy atom. The van der Waals surface area contributed by atoms with E-state index in [-0.39, 0.29) is 5.69 Å². The van der Waals surface area contributed by atoms with Crippen LogP contribution < -0.4 is 5.69 Å². The van der Waals surface area contributed by atoms with E-state index in [0.717, 1.165) is 46.3 Å². The second kappa shape index (κ2) is 7.06. The minimum atomic E-state index is -0.200. The third-order valence-electron chi connectivity index (χ3n) is 4.44. The zero-order valence-electron chi connectivity index (χ0n) is 13.6. The largest absolute Gasteiger partial charge is 0.353 e. The van der Waals surface area contributed by atoms with E-state index >= 15 is 0 Å². The van der Waals surface area contributed by atoms with Crippen LogP contribution in [0.25, 0.3) is 5.69 Å². The predicted molar refractivity (Wildman–Crippen MR) is 103 cm³/mol. The van der Waals surface area contributed by atoms with Crippen molar-refractivity contribution in [3.05, 3.63) is 86.9 Å². The molecule has 0 saturated carbocycles. The number of fused-ring (bicyclic) bond motifs is 1. The highest BCUT2D eigenvalue weighted by molar-refractivity contribution is 7.98. The summed E-state index contributed by atoms with van der Waals surface area (Å²) in [6, 6.07) is 17.6. The van der Waals surface area contributed by atoms with Crippen LogP contribution in [0.2, 0.25) is 5.02 Å². The standard InChI is InChI=1S/C20H17ClN2OS/c21-17-11-5-4-7-14(17)13-25-19-16-10-6-12-18(16)23(20(24)22-19)15-8-2-1-3-9-15/h1-5,7-9,11H,6,10,12-13H2. The second-order valence-corrected chi connectivity index (χ2v) is 7.40. The number of nitrogens with zero attached hydrogens (tertiary/aromatic N) is 2. The van der Waals surface area contributed by atoms with Crippen LogP contribution in [0, 0.1) is 0 Å². The second-order valence-electron chi connectivity index (χ2n) is 6.03. The molecule has 1 heterocycles. The maximum atomic E-state index is 12.7. The normalized spacial score (nSPS) is 13.0. The van der Waals surface area contributed by atoms with E-state index in [0.29, 0.717) is 5.75 Å². The molecule has 0 N–H and O–H groups in total. The fraction of sp³-hybridized carbons (Fsp3) is 0.200. The summed E-state index contributed by atoms with van der Waals surface area (Å²) in [4.78, 5) is 17.1. The lowest BCUT2D eigenvalue weighted by atomic mass is 10.2. The van der Waals surface area contributed by atoms with E-state index in [1.54, 1.807) is 16.3 Å². The summed E-state index contributed by atoms with van der Waals surface area (Å²) >= 11 is 7.85. The van der Waals surface area contributed by atoms with Gasteiger partial charge in [-0.2, -0.15) is 4.98 Å². The van der Waals surface area contributed by atoms with Gasteiger partial charge in [0.2, 0.25) is 0 Å². The van der Waals surface area contributed by atoms with Crippen LogP contribution >= 0.6 is 23.4 Å². The summed E-state index contributed by atoms with van der Waals surface area (Å²) in [5, 5.41) is 1.61. The molecule has 0 fully saturated rings. The number of halogens is 1. The van der Waals surface area contributed by atoms with E-state index in [1.165, 1.54) is 5.56 Å². The fourth-order valence-corrected chi connectivity index (χ4v) is 4.61. The molecule has 3 aromatic rings. The lowest BCUT2D eigenvalue weighted by molar-refractivity contribution is 0.802. The van der Waals surface area contributed by atoms with Gasteiger partial charge >= 0.3 is 5.69 Å². The number of aromatic nitrogens is 2. The number of hydrogen-bond acceptors (Lipinski definition) is 3. The Morgan fingerprint density at radius 3 is 2.60 bits per heavy atom. The summed E-state index contributed by atoms with van der Waals surface area (Å²) in [7, 11) is 0. The Balaban J connectivity index is 1.71. The topological polar surface area (TPSA) is 34.9 Å². The molecule has 3 nitrogen and oxygen atoms in total. The van der Waals surface area contributed by atoms with E-state index in [4.69, 9.17) is 11.6 Å². The molecule has 2 aromatic carbocycles. The molecule has 5 heteroatoms. The highest BCUT2D eigenvalue weighted by atomic mass is 35.5. The van der Waals surface area contributed by atoms with E-state index in [9.17, 15) is 4.79 Å². The molecule has 0 spiro atoms. The molecule has 1 aliphatic carbocycles. The molecular weight excluding hydrogens is 352 g/mol. The lowest BCUT2D eigenvalue weighted by Crippen LogP contribution is -2.25. The molecule has 0 atom stereocenters. The molecule has 0 bridgehead atoms. The maximum Gasteiger partial charge on any atom is 0.353 e. The lowest BCUT2D eigenvalue weighted by Gasteiger charge is -2.14. The highest BCUT2D eigenvalue weighted by Crippen LogP contribution is 2.33. The molecule has 25 heavy (non-hydrogen) atoms. The number of para-hydroxylation sites is 1. The van der Waals surface area contributed by atoms with Crippen LogP contribution in [0.5, 0.6) is 0 Å². The SMILES string of the molecule is O=c1nc(SCc2ccccc2Cl)c2c(n1-c1ccccc1)CCC2. The Bertz CT molecular complexity index is 969. The number of hydrogen-bond donors (Lipinski definition) is 0. The molecular formula is C20H17ClN2OS. The Morgan fingerprint density at radius 2 is 1.80 bits per heavy atom. The van der Waals surface area contributed by atoms with Gasteiger partial charge in [0.05, 0.1) is 5.69 Å². The zero-order chi connectivity index (χ0) is 17.2. The minimum absolute atomic E-state index is 0.200. The van der Waals surface area contributed by atoms with Crippen molar-refractivity contribution < 1.29 is 0 Å². The van der Waals surface area contributed by atoms with Gasteiger partial charge in [-0.15, -0.1) is 11.8 Å². The Hall–Kier alpha value is -2.04. The van der Waals surface area contributed by atoms with Crippen molar-refractivity contribution in [2.75, 3.05) is 0 Å². The molecule has 0 unspecified atom stereocenters. The molecule has 0 radical (unpaired) electrons. The van der Waals surface area contributed by atoms with Crippen LogP contribution in [0.4, 0.5) is 0 Å². The van der Waals surface area contributed by atoms with Gasteiger partial charge in [-0.1, -0.05) is 48.0 Å². The third-order valence-corrected chi connectivity index (χ3v) is 5.88. The number of rotatable bonds is 4. The minimum Gasteiger partial charge on any atom is -0.265 e. The van der Waals surface area contributed by atoms with Gasteiger partial charge in [-0.3, -0.25) is 4.57 Å². The number of benzene rings is 2. The summed E-state index contributed by atoms with van der Waals surface area (Å²) in [6.45, 7) is 0. The van der Waals surface area contributed by atoms with Gasteiger partial charge < -0.3 is 0 Å². The molecule has 4 rings (SSSR count). The first-order chi connectivity index (χ1) is 12.2. The van der Waals surface area contributed by atoms with Gasteiger partial charge in [0, 0.05) is 22.0 Å². The highest BCUT2D eigenvalue weighted by Gasteiger charge is 2.22. The van der Waals surface area contributed by atoms with Gasteiger partial charge in [0.1, 0.15) is 5.03 Å². The van der Waals surface area contributed by atoms with E-state index in [1.807, 2.05) is 54.6 Å². The number of thioether (sulfide) groups is 1. The summed E-state index contributed by atoms with van der Waals surface area (Å²) in [5.74, 6) is 0.716. The average molecular weight is 369 g/mol. The summed E-state index contributed by atoms with van der Waals surface area (Å²) < 4.78 is 1.77. The predicted octanol–water partition coefficient (Wildman–Crippen LogP) is 4.67. The Kier molecular flexibility index (Phi) is 4.64. The smallest absolute Gasteiger partial charge is 0.265 e. The first-order valence-corrected chi connectivity index (χ1v) is 9.67. The first kappa shape index (κ1) is 16.4. The van der Waals surface area contributed by atoms with E-state index in [2.05, 4.69) is 4.98 Å². The molecule has 126 valence electrons. The van der Waals surface area contributed by atoms with Gasteiger partial charge in [0.25, 0.3) is 0 Å². The Labute approximate surface area is 155 Å². The van der Waals surface area contributed by atoms with Crippen molar-refractivity contribution in [1.29, 1.82) is 0 Å².